The fourth-order valence-corrected chi connectivity index (χ4v) is 2.96. The van der Waals surface area contributed by atoms with Gasteiger partial charge < -0.3 is 5.73 Å². The molecule has 0 spiro atoms. The first-order valence-corrected chi connectivity index (χ1v) is 6.97. The molecule has 3 heterocycles. The Bertz CT molecular complexity index is 748. The van der Waals surface area contributed by atoms with Crippen molar-refractivity contribution in [2.75, 3.05) is 5.73 Å². The molecule has 0 radical (unpaired) electrons. The van der Waals surface area contributed by atoms with Gasteiger partial charge in [0.2, 0.25) is 0 Å². The molecule has 0 atom stereocenters. The third-order valence-electron chi connectivity index (χ3n) is 3.10. The average Bonchev–Trinajstić information content (AvgIpc) is 2.83. The third kappa shape index (κ3) is 2.06. The van der Waals surface area contributed by atoms with Crippen molar-refractivity contribution in [2.24, 2.45) is 0 Å². The van der Waals surface area contributed by atoms with Crippen LogP contribution in [0.2, 0.25) is 0 Å². The summed E-state index contributed by atoms with van der Waals surface area (Å²) in [5, 5.41) is 0.951. The highest BCUT2D eigenvalue weighted by atomic mass is 32.1. The lowest BCUT2D eigenvalue weighted by Crippen LogP contribution is -1.97. The van der Waals surface area contributed by atoms with Crippen molar-refractivity contribution >= 4 is 27.4 Å². The Hall–Kier alpha value is -2.01. The minimum absolute atomic E-state index is 0.541. The summed E-state index contributed by atoms with van der Waals surface area (Å²) in [4.78, 5) is 15.4. The topological polar surface area (TPSA) is 64.7 Å². The van der Waals surface area contributed by atoms with Crippen LogP contribution in [0.1, 0.15) is 17.4 Å². The number of pyridine rings is 1. The van der Waals surface area contributed by atoms with Crippen LogP contribution >= 0.6 is 11.3 Å². The molecule has 0 bridgehead atoms. The van der Waals surface area contributed by atoms with Crippen molar-refractivity contribution in [3.05, 3.63) is 35.0 Å². The van der Waals surface area contributed by atoms with Crippen molar-refractivity contribution in [3.8, 4) is 11.4 Å². The second kappa shape index (κ2) is 4.59. The summed E-state index contributed by atoms with van der Waals surface area (Å²) < 4.78 is 0. The molecule has 0 unspecified atom stereocenters. The fraction of sp³-hybridized carbons (Fsp3) is 0.214. The Labute approximate surface area is 115 Å². The summed E-state index contributed by atoms with van der Waals surface area (Å²) in [6.45, 7) is 4.15. The maximum atomic E-state index is 6.05. The summed E-state index contributed by atoms with van der Waals surface area (Å²) in [5.41, 5.74) is 8.08. The van der Waals surface area contributed by atoms with Crippen LogP contribution in [0.25, 0.3) is 21.6 Å². The van der Waals surface area contributed by atoms with E-state index >= 15 is 0 Å². The summed E-state index contributed by atoms with van der Waals surface area (Å²) in [6.07, 6.45) is 4.53. The number of thiophene rings is 1. The molecular weight excluding hydrogens is 256 g/mol. The Morgan fingerprint density at radius 2 is 2.16 bits per heavy atom. The van der Waals surface area contributed by atoms with Crippen LogP contribution in [0.4, 0.5) is 5.82 Å². The minimum Gasteiger partial charge on any atom is -0.383 e. The number of anilines is 1. The highest BCUT2D eigenvalue weighted by Crippen LogP contribution is 2.30. The van der Waals surface area contributed by atoms with Gasteiger partial charge in [0.15, 0.2) is 5.82 Å². The monoisotopic (exact) mass is 270 g/mol. The Morgan fingerprint density at radius 1 is 1.32 bits per heavy atom. The van der Waals surface area contributed by atoms with Crippen molar-refractivity contribution in [2.45, 2.75) is 20.3 Å². The Morgan fingerprint density at radius 3 is 2.89 bits per heavy atom. The number of hydrogen-bond donors (Lipinski definition) is 1. The first-order chi connectivity index (χ1) is 9.19. The van der Waals surface area contributed by atoms with E-state index in [4.69, 9.17) is 5.73 Å². The first kappa shape index (κ1) is 12.0. The number of fused-ring (bicyclic) bond motifs is 1. The van der Waals surface area contributed by atoms with E-state index in [-0.39, 0.29) is 0 Å². The lowest BCUT2D eigenvalue weighted by Gasteiger charge is -2.04. The zero-order valence-corrected chi connectivity index (χ0v) is 11.7. The second-order valence-electron chi connectivity index (χ2n) is 4.41. The van der Waals surface area contributed by atoms with E-state index in [1.165, 1.54) is 4.88 Å². The zero-order valence-electron chi connectivity index (χ0n) is 10.8. The molecule has 4 nitrogen and oxygen atoms in total. The van der Waals surface area contributed by atoms with Gasteiger partial charge in [-0.2, -0.15) is 0 Å². The van der Waals surface area contributed by atoms with Gasteiger partial charge in [-0.1, -0.05) is 6.92 Å². The molecular formula is C14H14N4S. The first-order valence-electron chi connectivity index (χ1n) is 6.16. The molecule has 0 saturated carbocycles. The van der Waals surface area contributed by atoms with E-state index in [0.29, 0.717) is 11.6 Å². The fourth-order valence-electron chi connectivity index (χ4n) is 1.99. The molecule has 3 aromatic heterocycles. The van der Waals surface area contributed by atoms with Gasteiger partial charge in [0.25, 0.3) is 0 Å². The van der Waals surface area contributed by atoms with Crippen LogP contribution in [0.5, 0.6) is 0 Å². The van der Waals surface area contributed by atoms with Crippen LogP contribution in [0.15, 0.2) is 24.5 Å². The number of hydrogen-bond acceptors (Lipinski definition) is 5. The van der Waals surface area contributed by atoms with E-state index < -0.39 is 0 Å². The number of aromatic nitrogens is 3. The summed E-state index contributed by atoms with van der Waals surface area (Å²) >= 11 is 1.67. The van der Waals surface area contributed by atoms with Gasteiger partial charge in [0.1, 0.15) is 10.6 Å². The van der Waals surface area contributed by atoms with Gasteiger partial charge in [-0.3, -0.25) is 4.98 Å². The van der Waals surface area contributed by atoms with Crippen molar-refractivity contribution in [1.82, 2.24) is 15.0 Å². The van der Waals surface area contributed by atoms with Crippen LogP contribution in [0.3, 0.4) is 0 Å². The van der Waals surface area contributed by atoms with Crippen LogP contribution < -0.4 is 5.73 Å². The molecule has 96 valence electrons. The maximum absolute atomic E-state index is 6.05. The van der Waals surface area contributed by atoms with Crippen molar-refractivity contribution < 1.29 is 0 Å². The molecule has 0 aromatic carbocycles. The lowest BCUT2D eigenvalue weighted by molar-refractivity contribution is 1.19. The molecule has 0 fully saturated rings. The average molecular weight is 270 g/mol. The van der Waals surface area contributed by atoms with E-state index in [0.717, 1.165) is 27.8 Å². The van der Waals surface area contributed by atoms with Gasteiger partial charge in [0.05, 0.1) is 5.39 Å². The predicted octanol–water partition coefficient (Wildman–Crippen LogP) is 3.21. The summed E-state index contributed by atoms with van der Waals surface area (Å²) in [7, 11) is 0. The van der Waals surface area contributed by atoms with Gasteiger partial charge in [0, 0.05) is 22.8 Å². The number of nitrogens with two attached hydrogens (primary N) is 1. The normalized spacial score (nSPS) is 11.1. The molecule has 0 aliphatic carbocycles. The van der Waals surface area contributed by atoms with Gasteiger partial charge in [-0.15, -0.1) is 11.3 Å². The standard InChI is InChI=1S/C14H14N4S/c1-3-9-6-10-12(15)17-13(18-14(10)19-9)11-7-16-5-4-8(11)2/h4-7H,3H2,1-2H3,(H2,15,17,18). The molecule has 5 heteroatoms. The van der Waals surface area contributed by atoms with Gasteiger partial charge in [-0.05, 0) is 31.0 Å². The number of nitrogen functional groups attached to an aromatic ring is 1. The second-order valence-corrected chi connectivity index (χ2v) is 5.52. The van der Waals surface area contributed by atoms with Crippen LogP contribution in [-0.4, -0.2) is 15.0 Å². The van der Waals surface area contributed by atoms with E-state index in [1.807, 2.05) is 13.0 Å². The molecule has 2 N–H and O–H groups in total. The number of aryl methyl sites for hydroxylation is 2. The summed E-state index contributed by atoms with van der Waals surface area (Å²) in [5.74, 6) is 1.19. The van der Waals surface area contributed by atoms with Gasteiger partial charge in [-0.25, -0.2) is 9.97 Å². The molecule has 19 heavy (non-hydrogen) atoms. The number of nitrogens with zero attached hydrogens (tertiary/aromatic N) is 3. The molecule has 3 aromatic rings. The van der Waals surface area contributed by atoms with E-state index in [2.05, 4.69) is 27.9 Å². The van der Waals surface area contributed by atoms with E-state index in [9.17, 15) is 0 Å². The van der Waals surface area contributed by atoms with Crippen LogP contribution in [0, 0.1) is 6.92 Å². The molecule has 0 saturated heterocycles. The van der Waals surface area contributed by atoms with Crippen molar-refractivity contribution in [1.29, 1.82) is 0 Å². The molecule has 0 aliphatic heterocycles. The molecule has 0 aliphatic rings. The Balaban J connectivity index is 2.23. The largest absolute Gasteiger partial charge is 0.383 e. The number of rotatable bonds is 2. The highest BCUT2D eigenvalue weighted by molar-refractivity contribution is 7.18. The quantitative estimate of drug-likeness (QED) is 0.776. The maximum Gasteiger partial charge on any atom is 0.164 e. The smallest absolute Gasteiger partial charge is 0.164 e. The van der Waals surface area contributed by atoms with E-state index in [1.54, 1.807) is 23.7 Å². The van der Waals surface area contributed by atoms with Crippen LogP contribution in [-0.2, 0) is 6.42 Å². The lowest BCUT2D eigenvalue weighted by atomic mass is 10.1. The highest BCUT2D eigenvalue weighted by Gasteiger charge is 2.12. The molecule has 0 amide bonds. The summed E-state index contributed by atoms with van der Waals surface area (Å²) in [6, 6.07) is 4.03. The third-order valence-corrected chi connectivity index (χ3v) is 4.27. The minimum atomic E-state index is 0.541. The SMILES string of the molecule is CCc1cc2c(N)nc(-c3cnccc3C)nc2s1. The molecule has 3 rings (SSSR count). The van der Waals surface area contributed by atoms with Gasteiger partial charge >= 0.3 is 0 Å². The Kier molecular flexibility index (Phi) is 2.91. The predicted molar refractivity (Wildman–Crippen MR) is 79.2 cm³/mol. The zero-order chi connectivity index (χ0) is 13.4. The van der Waals surface area contributed by atoms with Crippen molar-refractivity contribution in [3.63, 3.8) is 0 Å².